The first-order valence-corrected chi connectivity index (χ1v) is 7.56. The average molecular weight is 270 g/mol. The van der Waals surface area contributed by atoms with E-state index in [2.05, 4.69) is 44.2 Å². The highest BCUT2D eigenvalue weighted by Gasteiger charge is 2.30. The van der Waals surface area contributed by atoms with Crippen molar-refractivity contribution in [2.24, 2.45) is 0 Å². The lowest BCUT2D eigenvalue weighted by molar-refractivity contribution is -0.0444. The zero-order chi connectivity index (χ0) is 13.9. The van der Waals surface area contributed by atoms with Gasteiger partial charge >= 0.3 is 0 Å². The minimum absolute atomic E-state index is 0.111. The third kappa shape index (κ3) is 2.66. The summed E-state index contributed by atoms with van der Waals surface area (Å²) in [6, 6.07) is 10.8. The summed E-state index contributed by atoms with van der Waals surface area (Å²) < 4.78 is 11.9. The molecule has 20 heavy (non-hydrogen) atoms. The van der Waals surface area contributed by atoms with Crippen molar-refractivity contribution in [3.63, 3.8) is 0 Å². The summed E-state index contributed by atoms with van der Waals surface area (Å²) in [7, 11) is 0. The van der Waals surface area contributed by atoms with Crippen LogP contribution in [-0.2, 0) is 11.2 Å². The number of benzene rings is 1. The number of rotatable bonds is 4. The highest BCUT2D eigenvalue weighted by atomic mass is 16.5. The van der Waals surface area contributed by atoms with E-state index >= 15 is 0 Å². The van der Waals surface area contributed by atoms with Gasteiger partial charge in [-0.2, -0.15) is 0 Å². The molecule has 0 aliphatic carbocycles. The molecule has 0 spiro atoms. The van der Waals surface area contributed by atoms with Crippen LogP contribution in [0.4, 0.5) is 0 Å². The molecule has 0 saturated heterocycles. The van der Waals surface area contributed by atoms with Gasteiger partial charge in [0.15, 0.2) is 0 Å². The van der Waals surface area contributed by atoms with E-state index < -0.39 is 0 Å². The summed E-state index contributed by atoms with van der Waals surface area (Å²) in [5.74, 6) is 1.04. The van der Waals surface area contributed by atoms with Gasteiger partial charge in [-0.05, 0) is 30.5 Å². The maximum absolute atomic E-state index is 6.31. The fourth-order valence-corrected chi connectivity index (χ4v) is 2.87. The molecule has 1 aromatic carbocycles. The number of furan rings is 1. The monoisotopic (exact) mass is 270 g/mol. The number of hydrogen-bond donors (Lipinski definition) is 0. The Kier molecular flexibility index (Phi) is 3.93. The molecule has 1 aromatic heterocycles. The Morgan fingerprint density at radius 3 is 2.70 bits per heavy atom. The van der Waals surface area contributed by atoms with E-state index in [9.17, 15) is 0 Å². The maximum Gasteiger partial charge on any atom is 0.135 e. The van der Waals surface area contributed by atoms with Gasteiger partial charge in [0, 0.05) is 6.42 Å². The summed E-state index contributed by atoms with van der Waals surface area (Å²) in [6.07, 6.45) is 6.38. The van der Waals surface area contributed by atoms with Crippen molar-refractivity contribution in [2.45, 2.75) is 51.7 Å². The van der Waals surface area contributed by atoms with Crippen molar-refractivity contribution in [3.05, 3.63) is 59.0 Å². The van der Waals surface area contributed by atoms with Crippen LogP contribution in [0.3, 0.4) is 0 Å². The maximum atomic E-state index is 6.31. The first-order chi connectivity index (χ1) is 9.78. The normalized spacial score (nSPS) is 21.7. The van der Waals surface area contributed by atoms with Gasteiger partial charge in [-0.25, -0.2) is 0 Å². The fourth-order valence-electron chi connectivity index (χ4n) is 2.87. The molecule has 0 saturated carbocycles. The number of ether oxygens (including phenoxy) is 1. The third-order valence-corrected chi connectivity index (χ3v) is 4.08. The molecule has 106 valence electrons. The predicted octanol–water partition coefficient (Wildman–Crippen LogP) is 5.13. The molecule has 1 aliphatic rings. The molecule has 3 rings (SSSR count). The molecule has 1 aliphatic heterocycles. The van der Waals surface area contributed by atoms with Gasteiger partial charge in [0.25, 0.3) is 0 Å². The predicted molar refractivity (Wildman–Crippen MR) is 79.7 cm³/mol. The van der Waals surface area contributed by atoms with Crippen LogP contribution in [0.15, 0.2) is 41.0 Å². The van der Waals surface area contributed by atoms with E-state index in [1.165, 1.54) is 29.5 Å². The van der Waals surface area contributed by atoms with Crippen LogP contribution in [0, 0.1) is 6.92 Å². The molecule has 2 heterocycles. The molecule has 0 N–H and O–H groups in total. The molecule has 0 fully saturated rings. The van der Waals surface area contributed by atoms with Crippen LogP contribution in [0.2, 0.25) is 0 Å². The standard InChI is InChI=1S/C18H22O2/c1-3-4-5-16-18-15(10-11-19-18)12-17(20-16)14-8-6-13(2)7-9-14/h6-11,16-17H,3-5,12H2,1-2H3/t16-,17-/m1/s1. The Bertz CT molecular complexity index is 553. The second-order valence-corrected chi connectivity index (χ2v) is 5.68. The van der Waals surface area contributed by atoms with Crippen LogP contribution >= 0.6 is 0 Å². The second kappa shape index (κ2) is 5.84. The Morgan fingerprint density at radius 1 is 1.15 bits per heavy atom. The van der Waals surface area contributed by atoms with Crippen LogP contribution in [-0.4, -0.2) is 0 Å². The topological polar surface area (TPSA) is 22.4 Å². The largest absolute Gasteiger partial charge is 0.466 e. The molecule has 2 aromatic rings. The van der Waals surface area contributed by atoms with Crippen LogP contribution in [0.5, 0.6) is 0 Å². The Balaban J connectivity index is 1.83. The molecular formula is C18H22O2. The van der Waals surface area contributed by atoms with Gasteiger partial charge < -0.3 is 9.15 Å². The fraction of sp³-hybridized carbons (Fsp3) is 0.444. The van der Waals surface area contributed by atoms with Crippen molar-refractivity contribution in [3.8, 4) is 0 Å². The summed E-state index contributed by atoms with van der Waals surface area (Å²) in [4.78, 5) is 0. The molecule has 0 radical (unpaired) electrons. The lowest BCUT2D eigenvalue weighted by atomic mass is 9.94. The van der Waals surface area contributed by atoms with Gasteiger partial charge in [-0.1, -0.05) is 49.6 Å². The van der Waals surface area contributed by atoms with Crippen molar-refractivity contribution in [1.29, 1.82) is 0 Å². The number of unbranched alkanes of at least 4 members (excludes halogenated alkanes) is 1. The van der Waals surface area contributed by atoms with Crippen LogP contribution in [0.25, 0.3) is 0 Å². The summed E-state index contributed by atoms with van der Waals surface area (Å²) in [5.41, 5.74) is 3.86. The number of hydrogen-bond acceptors (Lipinski definition) is 2. The van der Waals surface area contributed by atoms with Crippen LogP contribution < -0.4 is 0 Å². The zero-order valence-corrected chi connectivity index (χ0v) is 12.3. The lowest BCUT2D eigenvalue weighted by Gasteiger charge is -2.29. The summed E-state index contributed by atoms with van der Waals surface area (Å²) in [5, 5.41) is 0. The summed E-state index contributed by atoms with van der Waals surface area (Å²) >= 11 is 0. The Hall–Kier alpha value is -1.54. The van der Waals surface area contributed by atoms with E-state index in [0.717, 1.165) is 18.6 Å². The van der Waals surface area contributed by atoms with Gasteiger partial charge in [0.05, 0.1) is 12.4 Å². The highest BCUT2D eigenvalue weighted by Crippen LogP contribution is 2.40. The molecule has 0 amide bonds. The average Bonchev–Trinajstić information content (AvgIpc) is 2.94. The van der Waals surface area contributed by atoms with Gasteiger partial charge in [-0.15, -0.1) is 0 Å². The SMILES string of the molecule is CCCC[C@H]1O[C@@H](c2ccc(C)cc2)Cc2ccoc21. The zero-order valence-electron chi connectivity index (χ0n) is 12.3. The summed E-state index contributed by atoms with van der Waals surface area (Å²) in [6.45, 7) is 4.33. The van der Waals surface area contributed by atoms with E-state index in [4.69, 9.17) is 9.15 Å². The molecule has 0 unspecified atom stereocenters. The Labute approximate surface area is 120 Å². The van der Waals surface area contributed by atoms with Gasteiger partial charge in [0.1, 0.15) is 11.9 Å². The van der Waals surface area contributed by atoms with E-state index in [1.807, 2.05) is 0 Å². The van der Waals surface area contributed by atoms with Crippen molar-refractivity contribution >= 4 is 0 Å². The number of fused-ring (bicyclic) bond motifs is 1. The van der Waals surface area contributed by atoms with Gasteiger partial charge in [0.2, 0.25) is 0 Å². The first kappa shape index (κ1) is 13.4. The molecule has 2 atom stereocenters. The van der Waals surface area contributed by atoms with Gasteiger partial charge in [-0.3, -0.25) is 0 Å². The smallest absolute Gasteiger partial charge is 0.135 e. The second-order valence-electron chi connectivity index (χ2n) is 5.68. The molecule has 0 bridgehead atoms. The minimum Gasteiger partial charge on any atom is -0.466 e. The molecule has 2 nitrogen and oxygen atoms in total. The minimum atomic E-state index is 0.111. The quantitative estimate of drug-likeness (QED) is 0.768. The van der Waals surface area contributed by atoms with Crippen molar-refractivity contribution < 1.29 is 9.15 Å². The van der Waals surface area contributed by atoms with Crippen molar-refractivity contribution in [2.75, 3.05) is 0 Å². The van der Waals surface area contributed by atoms with E-state index in [-0.39, 0.29) is 12.2 Å². The molecule has 2 heteroatoms. The third-order valence-electron chi connectivity index (χ3n) is 4.08. The van der Waals surface area contributed by atoms with E-state index in [1.54, 1.807) is 6.26 Å². The van der Waals surface area contributed by atoms with Crippen LogP contribution in [0.1, 0.15) is 60.8 Å². The highest BCUT2D eigenvalue weighted by molar-refractivity contribution is 5.29. The number of aryl methyl sites for hydroxylation is 1. The first-order valence-electron chi connectivity index (χ1n) is 7.56. The van der Waals surface area contributed by atoms with Crippen molar-refractivity contribution in [1.82, 2.24) is 0 Å². The lowest BCUT2D eigenvalue weighted by Crippen LogP contribution is -2.19. The van der Waals surface area contributed by atoms with E-state index in [0.29, 0.717) is 0 Å². The molecular weight excluding hydrogens is 248 g/mol. The Morgan fingerprint density at radius 2 is 1.95 bits per heavy atom.